The fourth-order valence-corrected chi connectivity index (χ4v) is 4.26. The maximum absolute atomic E-state index is 13.7. The SMILES string of the molecule is CCOc1ccccc1-n1c(CN2CCN(C(=O)OC(C)(C)C)CC2)nc2ccc(Cl)cc2c1=O. The van der Waals surface area contributed by atoms with Crippen LogP contribution in [-0.2, 0) is 11.3 Å². The van der Waals surface area contributed by atoms with Crippen LogP contribution >= 0.6 is 11.6 Å². The van der Waals surface area contributed by atoms with Gasteiger partial charge in [0.1, 0.15) is 17.2 Å². The summed E-state index contributed by atoms with van der Waals surface area (Å²) in [5.41, 5.74) is 0.492. The van der Waals surface area contributed by atoms with E-state index >= 15 is 0 Å². The highest BCUT2D eigenvalue weighted by atomic mass is 35.5. The van der Waals surface area contributed by atoms with Crippen LogP contribution in [0.5, 0.6) is 5.75 Å². The van der Waals surface area contributed by atoms with E-state index in [0.29, 0.717) is 72.5 Å². The molecule has 1 saturated heterocycles. The van der Waals surface area contributed by atoms with Crippen LogP contribution in [0.2, 0.25) is 5.02 Å². The van der Waals surface area contributed by atoms with E-state index in [2.05, 4.69) is 4.90 Å². The maximum atomic E-state index is 13.7. The average Bonchev–Trinajstić information content (AvgIpc) is 2.80. The maximum Gasteiger partial charge on any atom is 0.410 e. The summed E-state index contributed by atoms with van der Waals surface area (Å²) in [4.78, 5) is 34.9. The van der Waals surface area contributed by atoms with Gasteiger partial charge in [0.15, 0.2) is 0 Å². The number of halogens is 1. The molecule has 1 aliphatic rings. The number of aromatic nitrogens is 2. The molecule has 0 saturated carbocycles. The van der Waals surface area contributed by atoms with Crippen molar-refractivity contribution >= 4 is 28.6 Å². The molecule has 0 bridgehead atoms. The van der Waals surface area contributed by atoms with Crippen LogP contribution in [0.4, 0.5) is 4.79 Å². The number of amides is 1. The van der Waals surface area contributed by atoms with Crippen LogP contribution in [0.15, 0.2) is 47.3 Å². The number of ether oxygens (including phenoxy) is 2. The summed E-state index contributed by atoms with van der Waals surface area (Å²) in [6, 6.07) is 12.6. The third-order valence-electron chi connectivity index (χ3n) is 5.69. The Morgan fingerprint density at radius 1 is 1.09 bits per heavy atom. The van der Waals surface area contributed by atoms with Crippen molar-refractivity contribution in [1.82, 2.24) is 19.4 Å². The standard InChI is InChI=1S/C26H31ClN4O4/c1-5-34-22-9-7-6-8-21(22)31-23(28-20-11-10-18(27)16-19(20)24(31)32)17-29-12-14-30(15-13-29)25(33)35-26(2,3)4/h6-11,16H,5,12-15,17H2,1-4H3. The molecule has 3 aromatic rings. The molecule has 35 heavy (non-hydrogen) atoms. The lowest BCUT2D eigenvalue weighted by Gasteiger charge is -2.35. The molecule has 1 fully saturated rings. The van der Waals surface area contributed by atoms with Crippen molar-refractivity contribution < 1.29 is 14.3 Å². The Kier molecular flexibility index (Phi) is 7.33. The lowest BCUT2D eigenvalue weighted by Crippen LogP contribution is -2.50. The van der Waals surface area contributed by atoms with Crippen molar-refractivity contribution in [3.8, 4) is 11.4 Å². The summed E-state index contributed by atoms with van der Waals surface area (Å²) >= 11 is 6.19. The first-order valence-electron chi connectivity index (χ1n) is 11.8. The lowest BCUT2D eigenvalue weighted by molar-refractivity contribution is 0.0136. The highest BCUT2D eigenvalue weighted by Crippen LogP contribution is 2.25. The molecule has 0 N–H and O–H groups in total. The molecular formula is C26H31ClN4O4. The highest BCUT2D eigenvalue weighted by Gasteiger charge is 2.27. The van der Waals surface area contributed by atoms with Crippen molar-refractivity contribution in [2.75, 3.05) is 32.8 Å². The van der Waals surface area contributed by atoms with Gasteiger partial charge in [-0.25, -0.2) is 9.78 Å². The van der Waals surface area contributed by atoms with E-state index in [9.17, 15) is 9.59 Å². The smallest absolute Gasteiger partial charge is 0.410 e. The average molecular weight is 499 g/mol. The van der Waals surface area contributed by atoms with E-state index in [1.165, 1.54) is 0 Å². The summed E-state index contributed by atoms with van der Waals surface area (Å²) < 4.78 is 12.9. The highest BCUT2D eigenvalue weighted by molar-refractivity contribution is 6.31. The van der Waals surface area contributed by atoms with Gasteiger partial charge in [-0.1, -0.05) is 23.7 Å². The molecule has 1 amide bonds. The summed E-state index contributed by atoms with van der Waals surface area (Å²) in [5, 5.41) is 0.925. The summed E-state index contributed by atoms with van der Waals surface area (Å²) in [6.45, 7) is 10.8. The Hall–Kier alpha value is -3.10. The zero-order valence-electron chi connectivity index (χ0n) is 20.6. The number of piperazine rings is 1. The molecule has 0 atom stereocenters. The van der Waals surface area contributed by atoms with Crippen LogP contribution in [0.1, 0.15) is 33.5 Å². The first-order chi connectivity index (χ1) is 16.7. The van der Waals surface area contributed by atoms with Crippen LogP contribution in [0.3, 0.4) is 0 Å². The molecule has 4 rings (SSSR count). The van der Waals surface area contributed by atoms with Gasteiger partial charge in [0.25, 0.3) is 5.56 Å². The van der Waals surface area contributed by atoms with Gasteiger partial charge in [0.05, 0.1) is 29.7 Å². The van der Waals surface area contributed by atoms with Crippen LogP contribution in [0, 0.1) is 0 Å². The van der Waals surface area contributed by atoms with Crippen LogP contribution in [-0.4, -0.2) is 63.8 Å². The van der Waals surface area contributed by atoms with E-state index in [4.69, 9.17) is 26.1 Å². The molecule has 8 nitrogen and oxygen atoms in total. The van der Waals surface area contributed by atoms with Gasteiger partial charge < -0.3 is 14.4 Å². The number of benzene rings is 2. The summed E-state index contributed by atoms with van der Waals surface area (Å²) in [5.74, 6) is 1.21. The van der Waals surface area contributed by atoms with Gasteiger partial charge in [-0.2, -0.15) is 0 Å². The minimum Gasteiger partial charge on any atom is -0.492 e. The third-order valence-corrected chi connectivity index (χ3v) is 5.93. The first-order valence-corrected chi connectivity index (χ1v) is 12.2. The number of hydrogen-bond donors (Lipinski definition) is 0. The fraction of sp³-hybridized carbons (Fsp3) is 0.423. The predicted octanol–water partition coefficient (Wildman–Crippen LogP) is 4.49. The number of rotatable bonds is 5. The second-order valence-electron chi connectivity index (χ2n) is 9.47. The molecule has 9 heteroatoms. The number of para-hydroxylation sites is 2. The van der Waals surface area contributed by atoms with E-state index < -0.39 is 5.60 Å². The molecule has 0 aliphatic carbocycles. The zero-order chi connectivity index (χ0) is 25.2. The predicted molar refractivity (Wildman–Crippen MR) is 137 cm³/mol. The Bertz CT molecular complexity index is 1280. The minimum absolute atomic E-state index is 0.202. The van der Waals surface area contributed by atoms with E-state index in [1.807, 2.05) is 52.0 Å². The molecule has 2 aromatic carbocycles. The molecule has 0 unspecified atom stereocenters. The van der Waals surface area contributed by atoms with Crippen molar-refractivity contribution in [3.63, 3.8) is 0 Å². The molecule has 186 valence electrons. The number of nitrogens with zero attached hydrogens (tertiary/aromatic N) is 4. The van der Waals surface area contributed by atoms with E-state index in [1.54, 1.807) is 27.7 Å². The summed E-state index contributed by atoms with van der Waals surface area (Å²) in [6.07, 6.45) is -0.305. The molecule has 1 aromatic heterocycles. The third kappa shape index (κ3) is 5.77. The van der Waals surface area contributed by atoms with E-state index in [-0.39, 0.29) is 11.7 Å². The van der Waals surface area contributed by atoms with Crippen molar-refractivity contribution in [1.29, 1.82) is 0 Å². The lowest BCUT2D eigenvalue weighted by atomic mass is 10.2. The number of carbonyl (C=O) groups is 1. The van der Waals surface area contributed by atoms with Gasteiger partial charge in [-0.3, -0.25) is 14.3 Å². The van der Waals surface area contributed by atoms with Crippen LogP contribution < -0.4 is 10.3 Å². The molecule has 0 spiro atoms. The Labute approximate surface area is 210 Å². The Balaban J connectivity index is 1.67. The molecule has 2 heterocycles. The normalized spacial score (nSPS) is 14.8. The van der Waals surface area contributed by atoms with Gasteiger partial charge >= 0.3 is 6.09 Å². The van der Waals surface area contributed by atoms with Crippen LogP contribution in [0.25, 0.3) is 16.6 Å². The number of fused-ring (bicyclic) bond motifs is 1. The Morgan fingerprint density at radius 3 is 2.49 bits per heavy atom. The number of hydrogen-bond acceptors (Lipinski definition) is 6. The van der Waals surface area contributed by atoms with Crippen molar-refractivity contribution in [3.05, 3.63) is 63.7 Å². The summed E-state index contributed by atoms with van der Waals surface area (Å²) in [7, 11) is 0. The monoisotopic (exact) mass is 498 g/mol. The van der Waals surface area contributed by atoms with Crippen molar-refractivity contribution in [2.45, 2.75) is 39.8 Å². The topological polar surface area (TPSA) is 76.9 Å². The molecule has 0 radical (unpaired) electrons. The second-order valence-corrected chi connectivity index (χ2v) is 9.91. The zero-order valence-corrected chi connectivity index (χ0v) is 21.3. The first kappa shape index (κ1) is 25.0. The Morgan fingerprint density at radius 2 is 1.80 bits per heavy atom. The fourth-order valence-electron chi connectivity index (χ4n) is 4.09. The van der Waals surface area contributed by atoms with E-state index in [0.717, 1.165) is 0 Å². The van der Waals surface area contributed by atoms with Gasteiger partial charge in [0, 0.05) is 31.2 Å². The molecular weight excluding hydrogens is 468 g/mol. The van der Waals surface area contributed by atoms with Gasteiger partial charge in [-0.05, 0) is 58.0 Å². The van der Waals surface area contributed by atoms with Crippen molar-refractivity contribution in [2.24, 2.45) is 0 Å². The largest absolute Gasteiger partial charge is 0.492 e. The second kappa shape index (κ2) is 10.3. The molecule has 1 aliphatic heterocycles. The number of carbonyl (C=O) groups excluding carboxylic acids is 1. The van der Waals surface area contributed by atoms with Gasteiger partial charge in [0.2, 0.25) is 0 Å². The van der Waals surface area contributed by atoms with Gasteiger partial charge in [-0.15, -0.1) is 0 Å². The quantitative estimate of drug-likeness (QED) is 0.516. The minimum atomic E-state index is -0.532.